The molecule has 0 spiro atoms. The van der Waals surface area contributed by atoms with E-state index in [9.17, 15) is 9.59 Å². The molecule has 3 rings (SSSR count). The van der Waals surface area contributed by atoms with Gasteiger partial charge in [0.15, 0.2) is 0 Å². The highest BCUT2D eigenvalue weighted by Gasteiger charge is 2.25. The molecule has 1 aromatic heterocycles. The number of nitrogens with one attached hydrogen (secondary N) is 1. The zero-order valence-electron chi connectivity index (χ0n) is 13.3. The quantitative estimate of drug-likeness (QED) is 0.922. The van der Waals surface area contributed by atoms with Gasteiger partial charge in [-0.15, -0.1) is 0 Å². The fourth-order valence-corrected chi connectivity index (χ4v) is 2.90. The fraction of sp³-hybridized carbons (Fsp3) is 0.353. The van der Waals surface area contributed by atoms with Gasteiger partial charge in [-0.3, -0.25) is 9.59 Å². The van der Waals surface area contributed by atoms with Crippen LogP contribution in [0.15, 0.2) is 34.9 Å². The summed E-state index contributed by atoms with van der Waals surface area (Å²) in [5.41, 5.74) is 1.27. The molecule has 1 atom stereocenters. The van der Waals surface area contributed by atoms with E-state index in [0.29, 0.717) is 10.7 Å². The summed E-state index contributed by atoms with van der Waals surface area (Å²) in [5.74, 6) is -0.475. The van der Waals surface area contributed by atoms with Gasteiger partial charge in [0, 0.05) is 29.7 Å². The second-order valence-electron chi connectivity index (χ2n) is 5.81. The molecule has 0 saturated carbocycles. The van der Waals surface area contributed by atoms with Crippen molar-refractivity contribution >= 4 is 23.4 Å². The zero-order valence-corrected chi connectivity index (χ0v) is 14.0. The Hall–Kier alpha value is -2.34. The van der Waals surface area contributed by atoms with Crippen molar-refractivity contribution in [3.05, 3.63) is 41.1 Å². The van der Waals surface area contributed by atoms with Crippen molar-refractivity contribution in [2.24, 2.45) is 0 Å². The molecule has 24 heavy (non-hydrogen) atoms. The van der Waals surface area contributed by atoms with Gasteiger partial charge in [0.25, 0.3) is 5.91 Å². The van der Waals surface area contributed by atoms with E-state index in [1.165, 1.54) is 6.07 Å². The molecule has 0 radical (unpaired) electrons. The largest absolute Gasteiger partial charge is 0.350 e. The van der Waals surface area contributed by atoms with E-state index in [2.05, 4.69) is 10.5 Å². The van der Waals surface area contributed by atoms with Crippen LogP contribution >= 0.6 is 11.6 Å². The van der Waals surface area contributed by atoms with Crippen LogP contribution < -0.4 is 5.32 Å². The third kappa shape index (κ3) is 3.59. The Morgan fingerprint density at radius 2 is 2.04 bits per heavy atom. The first-order valence-electron chi connectivity index (χ1n) is 7.87. The Morgan fingerprint density at radius 3 is 2.75 bits per heavy atom. The van der Waals surface area contributed by atoms with Gasteiger partial charge in [0.1, 0.15) is 11.7 Å². The van der Waals surface area contributed by atoms with Gasteiger partial charge >= 0.3 is 0 Å². The summed E-state index contributed by atoms with van der Waals surface area (Å²) in [4.78, 5) is 26.2. The Morgan fingerprint density at radius 1 is 1.29 bits per heavy atom. The van der Waals surface area contributed by atoms with Crippen LogP contribution in [0.25, 0.3) is 11.3 Å². The number of amides is 2. The van der Waals surface area contributed by atoms with Crippen molar-refractivity contribution in [1.29, 1.82) is 0 Å². The minimum atomic E-state index is -0.602. The van der Waals surface area contributed by atoms with E-state index in [1.807, 2.05) is 6.07 Å². The number of halogens is 1. The lowest BCUT2D eigenvalue weighted by atomic mass is 10.1. The smallest absolute Gasteiger partial charge is 0.290 e. The first-order chi connectivity index (χ1) is 11.5. The highest BCUT2D eigenvalue weighted by atomic mass is 35.5. The van der Waals surface area contributed by atoms with Gasteiger partial charge in [0.2, 0.25) is 11.7 Å². The SMILES string of the molecule is CC(NC(=O)c1cc(-c2cccc(Cl)c2)no1)C(=O)N1CCCC1. The average molecular weight is 348 g/mol. The van der Waals surface area contributed by atoms with E-state index < -0.39 is 11.9 Å². The number of benzene rings is 1. The van der Waals surface area contributed by atoms with Gasteiger partial charge in [0.05, 0.1) is 0 Å². The Kier molecular flexibility index (Phi) is 4.85. The molecule has 126 valence electrons. The van der Waals surface area contributed by atoms with Crippen molar-refractivity contribution in [1.82, 2.24) is 15.4 Å². The molecular formula is C17H18ClN3O3. The Bertz CT molecular complexity index is 753. The highest BCUT2D eigenvalue weighted by molar-refractivity contribution is 6.30. The van der Waals surface area contributed by atoms with E-state index in [1.54, 1.807) is 30.0 Å². The summed E-state index contributed by atoms with van der Waals surface area (Å²) in [6.45, 7) is 3.17. The molecule has 1 fully saturated rings. The molecular weight excluding hydrogens is 330 g/mol. The monoisotopic (exact) mass is 347 g/mol. The third-order valence-corrected chi connectivity index (χ3v) is 4.23. The maximum atomic E-state index is 12.2. The molecule has 1 aliphatic rings. The van der Waals surface area contributed by atoms with Gasteiger partial charge < -0.3 is 14.7 Å². The molecule has 0 aliphatic carbocycles. The van der Waals surface area contributed by atoms with Gasteiger partial charge in [-0.25, -0.2) is 0 Å². The number of aromatic nitrogens is 1. The minimum Gasteiger partial charge on any atom is -0.350 e. The molecule has 1 aliphatic heterocycles. The summed E-state index contributed by atoms with van der Waals surface area (Å²) >= 11 is 5.95. The highest BCUT2D eigenvalue weighted by Crippen LogP contribution is 2.22. The van der Waals surface area contributed by atoms with Crippen molar-refractivity contribution in [3.8, 4) is 11.3 Å². The number of hydrogen-bond donors (Lipinski definition) is 1. The van der Waals surface area contributed by atoms with Gasteiger partial charge in [-0.1, -0.05) is 28.9 Å². The molecule has 1 unspecified atom stereocenters. The second-order valence-corrected chi connectivity index (χ2v) is 6.25. The van der Waals surface area contributed by atoms with E-state index in [-0.39, 0.29) is 11.7 Å². The number of rotatable bonds is 4. The minimum absolute atomic E-state index is 0.0612. The van der Waals surface area contributed by atoms with Crippen molar-refractivity contribution < 1.29 is 14.1 Å². The predicted octanol–water partition coefficient (Wildman–Crippen LogP) is 2.74. The van der Waals surface area contributed by atoms with Crippen LogP contribution in [0.1, 0.15) is 30.3 Å². The summed E-state index contributed by atoms with van der Waals surface area (Å²) in [5, 5.41) is 7.12. The number of hydrogen-bond acceptors (Lipinski definition) is 4. The fourth-order valence-electron chi connectivity index (χ4n) is 2.71. The summed E-state index contributed by atoms with van der Waals surface area (Å²) in [6.07, 6.45) is 2.02. The van der Waals surface area contributed by atoms with Crippen LogP contribution in [0.4, 0.5) is 0 Å². The van der Waals surface area contributed by atoms with Crippen molar-refractivity contribution in [2.45, 2.75) is 25.8 Å². The first-order valence-corrected chi connectivity index (χ1v) is 8.24. The molecule has 2 heterocycles. The molecule has 7 heteroatoms. The van der Waals surface area contributed by atoms with Crippen LogP contribution in [-0.2, 0) is 4.79 Å². The maximum absolute atomic E-state index is 12.2. The number of carbonyl (C=O) groups is 2. The summed E-state index contributed by atoms with van der Waals surface area (Å²) < 4.78 is 5.10. The lowest BCUT2D eigenvalue weighted by molar-refractivity contribution is -0.131. The van der Waals surface area contributed by atoms with Crippen LogP contribution in [-0.4, -0.2) is 41.0 Å². The Balaban J connectivity index is 1.66. The number of nitrogens with zero attached hydrogens (tertiary/aromatic N) is 2. The molecule has 0 bridgehead atoms. The summed E-state index contributed by atoms with van der Waals surface area (Å²) in [7, 11) is 0. The van der Waals surface area contributed by atoms with Crippen LogP contribution in [0.5, 0.6) is 0 Å². The van der Waals surface area contributed by atoms with E-state index in [0.717, 1.165) is 31.5 Å². The lowest BCUT2D eigenvalue weighted by Gasteiger charge is -2.20. The normalized spacial score (nSPS) is 15.3. The predicted molar refractivity (Wildman–Crippen MR) is 89.7 cm³/mol. The van der Waals surface area contributed by atoms with Crippen LogP contribution in [0, 0.1) is 0 Å². The van der Waals surface area contributed by atoms with E-state index in [4.69, 9.17) is 16.1 Å². The second kappa shape index (κ2) is 7.05. The molecule has 2 aromatic rings. The van der Waals surface area contributed by atoms with Crippen LogP contribution in [0.2, 0.25) is 5.02 Å². The molecule has 2 amide bonds. The van der Waals surface area contributed by atoms with Crippen molar-refractivity contribution in [3.63, 3.8) is 0 Å². The maximum Gasteiger partial charge on any atom is 0.290 e. The van der Waals surface area contributed by atoms with Crippen molar-refractivity contribution in [2.75, 3.05) is 13.1 Å². The molecule has 1 aromatic carbocycles. The topological polar surface area (TPSA) is 75.4 Å². The molecule has 1 N–H and O–H groups in total. The molecule has 6 nitrogen and oxygen atoms in total. The van der Waals surface area contributed by atoms with Crippen LogP contribution in [0.3, 0.4) is 0 Å². The summed E-state index contributed by atoms with van der Waals surface area (Å²) in [6, 6.07) is 8.04. The number of carbonyl (C=O) groups excluding carboxylic acids is 2. The van der Waals surface area contributed by atoms with Gasteiger partial charge in [-0.05, 0) is 31.9 Å². The first kappa shape index (κ1) is 16.5. The number of likely N-dealkylation sites (tertiary alicyclic amines) is 1. The van der Waals surface area contributed by atoms with Gasteiger partial charge in [-0.2, -0.15) is 0 Å². The Labute approximate surface area is 144 Å². The average Bonchev–Trinajstić information content (AvgIpc) is 3.25. The lowest BCUT2D eigenvalue weighted by Crippen LogP contribution is -2.45. The zero-order chi connectivity index (χ0) is 17.1. The standard InChI is InChI=1S/C17H18ClN3O3/c1-11(17(23)21-7-2-3-8-21)19-16(22)15-10-14(20-24-15)12-5-4-6-13(18)9-12/h4-6,9-11H,2-3,7-8H2,1H3,(H,19,22). The third-order valence-electron chi connectivity index (χ3n) is 3.99. The van der Waals surface area contributed by atoms with E-state index >= 15 is 0 Å². The molecule has 1 saturated heterocycles.